The van der Waals surface area contributed by atoms with E-state index in [2.05, 4.69) is 0 Å². The molecule has 0 saturated heterocycles. The van der Waals surface area contributed by atoms with E-state index in [4.69, 9.17) is 8.83 Å². The molecule has 9 heteroatoms. The highest BCUT2D eigenvalue weighted by Crippen LogP contribution is 2.40. The summed E-state index contributed by atoms with van der Waals surface area (Å²) in [6.45, 7) is 0.00748. The highest BCUT2D eigenvalue weighted by atomic mass is 19.1. The van der Waals surface area contributed by atoms with Crippen LogP contribution in [0, 0.1) is 15.9 Å². The van der Waals surface area contributed by atoms with Crippen molar-refractivity contribution in [1.82, 2.24) is 4.90 Å². The van der Waals surface area contributed by atoms with Gasteiger partial charge in [0.05, 0.1) is 34.7 Å². The number of amides is 1. The van der Waals surface area contributed by atoms with E-state index in [1.165, 1.54) is 35.4 Å². The number of hydrogen-bond donors (Lipinski definition) is 0. The maximum atomic E-state index is 13.8. The number of fused-ring (bicyclic) bond motifs is 2. The van der Waals surface area contributed by atoms with Gasteiger partial charge in [0.2, 0.25) is 5.76 Å². The molecular formula is C22H13FN2O6. The summed E-state index contributed by atoms with van der Waals surface area (Å²) in [4.78, 5) is 38.6. The molecule has 0 fully saturated rings. The molecule has 8 nitrogen and oxygen atoms in total. The molecule has 2 aromatic carbocycles. The van der Waals surface area contributed by atoms with E-state index in [0.717, 1.165) is 12.1 Å². The summed E-state index contributed by atoms with van der Waals surface area (Å²) in [5.74, 6) is -0.901. The molecule has 0 aliphatic carbocycles. The van der Waals surface area contributed by atoms with Crippen molar-refractivity contribution in [3.63, 3.8) is 0 Å². The SMILES string of the molecule is O=C1c2oc3ccc(F)cc3c(=O)c2[C@@H](c2cccc([N+](=O)[O-])c2)N1Cc1ccco1. The van der Waals surface area contributed by atoms with Crippen LogP contribution < -0.4 is 5.43 Å². The monoisotopic (exact) mass is 420 g/mol. The first kappa shape index (κ1) is 18.7. The van der Waals surface area contributed by atoms with Crippen LogP contribution in [0.25, 0.3) is 11.0 Å². The minimum absolute atomic E-state index is 0.00748. The number of nitro benzene ring substituents is 1. The van der Waals surface area contributed by atoms with Crippen LogP contribution in [0.15, 0.2) is 74.5 Å². The zero-order valence-corrected chi connectivity index (χ0v) is 15.8. The first-order chi connectivity index (χ1) is 14.9. The minimum atomic E-state index is -0.962. The largest absolute Gasteiger partial charge is 0.467 e. The number of benzene rings is 2. The highest BCUT2D eigenvalue weighted by molar-refractivity contribution is 5.99. The lowest BCUT2D eigenvalue weighted by atomic mass is 9.98. The molecule has 2 aromatic heterocycles. The fourth-order valence-electron chi connectivity index (χ4n) is 3.88. The maximum absolute atomic E-state index is 13.8. The Labute approximate surface area is 173 Å². The number of non-ortho nitro benzene ring substituents is 1. The third-order valence-electron chi connectivity index (χ3n) is 5.23. The van der Waals surface area contributed by atoms with Gasteiger partial charge in [0.1, 0.15) is 17.2 Å². The highest BCUT2D eigenvalue weighted by Gasteiger charge is 2.43. The second-order valence-corrected chi connectivity index (χ2v) is 7.08. The van der Waals surface area contributed by atoms with Crippen LogP contribution in [0.1, 0.15) is 33.5 Å². The van der Waals surface area contributed by atoms with E-state index in [0.29, 0.717) is 11.3 Å². The van der Waals surface area contributed by atoms with Gasteiger partial charge in [-0.25, -0.2) is 4.39 Å². The topological polar surface area (TPSA) is 107 Å². The Bertz CT molecular complexity index is 1410. The van der Waals surface area contributed by atoms with Gasteiger partial charge in [0, 0.05) is 12.1 Å². The summed E-state index contributed by atoms with van der Waals surface area (Å²) in [6.07, 6.45) is 1.45. The van der Waals surface area contributed by atoms with Crippen LogP contribution >= 0.6 is 0 Å². The van der Waals surface area contributed by atoms with Gasteiger partial charge in [0.15, 0.2) is 5.43 Å². The van der Waals surface area contributed by atoms with E-state index < -0.39 is 28.1 Å². The molecule has 0 N–H and O–H groups in total. The number of nitrogens with zero attached hydrogens (tertiary/aromatic N) is 2. The third kappa shape index (κ3) is 2.98. The van der Waals surface area contributed by atoms with Crippen LogP contribution in [-0.4, -0.2) is 15.7 Å². The van der Waals surface area contributed by atoms with Crippen molar-refractivity contribution in [2.75, 3.05) is 0 Å². The lowest BCUT2D eigenvalue weighted by Gasteiger charge is -2.24. The molecule has 3 heterocycles. The third-order valence-corrected chi connectivity index (χ3v) is 5.23. The summed E-state index contributed by atoms with van der Waals surface area (Å²) in [5, 5.41) is 11.3. The quantitative estimate of drug-likeness (QED) is 0.362. The molecule has 0 bridgehead atoms. The minimum Gasteiger partial charge on any atom is -0.467 e. The normalized spacial score (nSPS) is 15.5. The molecule has 0 radical (unpaired) electrons. The van der Waals surface area contributed by atoms with Crippen LogP contribution in [-0.2, 0) is 6.54 Å². The Morgan fingerprint density at radius 1 is 1.10 bits per heavy atom. The summed E-state index contributed by atoms with van der Waals surface area (Å²) < 4.78 is 24.9. The van der Waals surface area contributed by atoms with Crippen molar-refractivity contribution in [1.29, 1.82) is 0 Å². The van der Waals surface area contributed by atoms with E-state index in [1.54, 1.807) is 18.2 Å². The molecule has 0 spiro atoms. The molecule has 1 atom stereocenters. The Hall–Kier alpha value is -4.27. The molecule has 4 aromatic rings. The zero-order chi connectivity index (χ0) is 21.7. The average molecular weight is 420 g/mol. The van der Waals surface area contributed by atoms with Crippen molar-refractivity contribution in [3.8, 4) is 0 Å². The first-order valence-corrected chi connectivity index (χ1v) is 9.28. The van der Waals surface area contributed by atoms with Crippen molar-refractivity contribution < 1.29 is 22.9 Å². The number of nitro groups is 1. The lowest BCUT2D eigenvalue weighted by Crippen LogP contribution is -2.29. The molecule has 0 unspecified atom stereocenters. The Kier molecular flexibility index (Phi) is 4.18. The van der Waals surface area contributed by atoms with Crippen LogP contribution in [0.2, 0.25) is 0 Å². The number of hydrogen-bond acceptors (Lipinski definition) is 6. The fraction of sp³-hybridized carbons (Fsp3) is 0.0909. The molecular weight excluding hydrogens is 407 g/mol. The predicted octanol–water partition coefficient (Wildman–Crippen LogP) is 4.18. The number of carbonyl (C=O) groups excluding carboxylic acids is 1. The predicted molar refractivity (Wildman–Crippen MR) is 106 cm³/mol. The number of halogens is 1. The van der Waals surface area contributed by atoms with E-state index in [-0.39, 0.29) is 34.5 Å². The summed E-state index contributed by atoms with van der Waals surface area (Å²) >= 11 is 0. The van der Waals surface area contributed by atoms with Crippen molar-refractivity contribution in [3.05, 3.63) is 110 Å². The van der Waals surface area contributed by atoms with Crippen LogP contribution in [0.3, 0.4) is 0 Å². The lowest BCUT2D eigenvalue weighted by molar-refractivity contribution is -0.384. The Morgan fingerprint density at radius 3 is 2.68 bits per heavy atom. The second-order valence-electron chi connectivity index (χ2n) is 7.08. The van der Waals surface area contributed by atoms with Crippen LogP contribution in [0.5, 0.6) is 0 Å². The van der Waals surface area contributed by atoms with Gasteiger partial charge >= 0.3 is 0 Å². The van der Waals surface area contributed by atoms with E-state index in [9.17, 15) is 24.1 Å². The second kappa shape index (κ2) is 6.91. The first-order valence-electron chi connectivity index (χ1n) is 9.28. The van der Waals surface area contributed by atoms with E-state index >= 15 is 0 Å². The van der Waals surface area contributed by atoms with Gasteiger partial charge in [-0.05, 0) is 35.9 Å². The van der Waals surface area contributed by atoms with Gasteiger partial charge in [0.25, 0.3) is 11.6 Å². The van der Waals surface area contributed by atoms with Gasteiger partial charge < -0.3 is 13.7 Å². The average Bonchev–Trinajstić information content (AvgIpc) is 3.36. The maximum Gasteiger partial charge on any atom is 0.291 e. The molecule has 1 aliphatic heterocycles. The summed E-state index contributed by atoms with van der Waals surface area (Å²) in [6, 6.07) is 11.5. The van der Waals surface area contributed by atoms with Gasteiger partial charge in [-0.1, -0.05) is 12.1 Å². The van der Waals surface area contributed by atoms with Gasteiger partial charge in [-0.3, -0.25) is 19.7 Å². The number of furan rings is 1. The zero-order valence-electron chi connectivity index (χ0n) is 15.8. The van der Waals surface area contributed by atoms with Gasteiger partial charge in [-0.2, -0.15) is 0 Å². The molecule has 1 aliphatic rings. The standard InChI is InChI=1S/C22H13FN2O6/c23-13-6-7-17-16(10-13)20(26)18-19(12-3-1-4-14(9-12)25(28)29)24(22(27)21(18)31-17)11-15-5-2-8-30-15/h1-10,19H,11H2/t19-/m1/s1. The molecule has 1 amide bonds. The molecule has 31 heavy (non-hydrogen) atoms. The molecule has 154 valence electrons. The van der Waals surface area contributed by atoms with E-state index in [1.807, 2.05) is 0 Å². The molecule has 5 rings (SSSR count). The van der Waals surface area contributed by atoms with Crippen molar-refractivity contribution in [2.45, 2.75) is 12.6 Å². The Balaban J connectivity index is 1.76. The van der Waals surface area contributed by atoms with Crippen LogP contribution in [0.4, 0.5) is 10.1 Å². The summed E-state index contributed by atoms with van der Waals surface area (Å²) in [7, 11) is 0. The number of rotatable bonds is 4. The molecule has 0 saturated carbocycles. The van der Waals surface area contributed by atoms with Gasteiger partial charge in [-0.15, -0.1) is 0 Å². The number of carbonyl (C=O) groups is 1. The fourth-order valence-corrected chi connectivity index (χ4v) is 3.88. The van der Waals surface area contributed by atoms with Crippen molar-refractivity contribution in [2.24, 2.45) is 0 Å². The Morgan fingerprint density at radius 2 is 1.94 bits per heavy atom. The summed E-state index contributed by atoms with van der Waals surface area (Å²) in [5.41, 5.74) is -0.308. The van der Waals surface area contributed by atoms with Crippen molar-refractivity contribution >= 4 is 22.6 Å². The smallest absolute Gasteiger partial charge is 0.291 e.